The van der Waals surface area contributed by atoms with Crippen LogP contribution in [-0.2, 0) is 14.3 Å². The molecule has 3 aromatic heterocycles. The van der Waals surface area contributed by atoms with Crippen molar-refractivity contribution in [2.45, 2.75) is 96.2 Å². The zero-order valence-corrected chi connectivity index (χ0v) is 33.0. The summed E-state index contributed by atoms with van der Waals surface area (Å²) in [6, 6.07) is 13.3. The molecule has 2 aliphatic heterocycles. The highest BCUT2D eigenvalue weighted by molar-refractivity contribution is 5.87. The van der Waals surface area contributed by atoms with Crippen LogP contribution in [0, 0.1) is 18.3 Å². The standard InChI is InChI=1S/C44H52N9O4/c1-27(2)21-40(54)52-19-7-11-38(52)41-46-25-36(49-41)30-15-13-29(14-16-30)35-24-45-33-23-31(17-18-32(33)48-35)37-26-47-42(50-37)39-12-8-20-53(39)43(55)34(51-44(56)57-3)22-28-9-5-4-6-10-28/h13-18,21,23-28,34,38-39H,4-12,19-20,22H2,1-3H3,(H,46,49)(H,47,50)(H,51,56)/t34-,38-,39-/m0/s1. The Labute approximate surface area is 333 Å². The van der Waals surface area contributed by atoms with Crippen molar-refractivity contribution in [1.82, 2.24) is 45.0 Å². The molecular formula is C44H52N9O4. The third-order valence-corrected chi connectivity index (χ3v) is 11.8. The molecule has 2 aromatic carbocycles. The molecule has 13 heteroatoms. The first-order chi connectivity index (χ1) is 27.7. The molecular weight excluding hydrogens is 719 g/mol. The third kappa shape index (κ3) is 8.43. The van der Waals surface area contributed by atoms with Gasteiger partial charge in [-0.05, 0) is 56.1 Å². The molecule has 1 radical (unpaired) electrons. The number of aromatic nitrogens is 6. The molecule has 3 aliphatic rings. The summed E-state index contributed by atoms with van der Waals surface area (Å²) in [6.45, 7) is 5.41. The second-order valence-corrected chi connectivity index (χ2v) is 16.1. The molecule has 2 saturated heterocycles. The molecule has 5 aromatic rings. The van der Waals surface area contributed by atoms with E-state index in [1.54, 1.807) is 12.6 Å². The highest BCUT2D eigenvalue weighted by atomic mass is 16.5. The molecule has 297 valence electrons. The molecule has 8 rings (SSSR count). The Kier molecular flexibility index (Phi) is 11.3. The van der Waals surface area contributed by atoms with Crippen LogP contribution < -0.4 is 5.32 Å². The Hall–Kier alpha value is -5.59. The molecule has 13 nitrogen and oxygen atoms in total. The fourth-order valence-electron chi connectivity index (χ4n) is 8.83. The molecule has 0 spiro atoms. The van der Waals surface area contributed by atoms with Gasteiger partial charge in [0.15, 0.2) is 0 Å². The summed E-state index contributed by atoms with van der Waals surface area (Å²) in [4.78, 5) is 69.0. The second-order valence-electron chi connectivity index (χ2n) is 16.1. The van der Waals surface area contributed by atoms with Gasteiger partial charge in [-0.2, -0.15) is 0 Å². The fourth-order valence-corrected chi connectivity index (χ4v) is 8.83. The van der Waals surface area contributed by atoms with E-state index in [1.807, 2.05) is 78.5 Å². The van der Waals surface area contributed by atoms with E-state index in [1.165, 1.54) is 26.4 Å². The van der Waals surface area contributed by atoms with Crippen molar-refractivity contribution in [3.05, 3.63) is 79.1 Å². The second kappa shape index (κ2) is 16.9. The summed E-state index contributed by atoms with van der Waals surface area (Å²) in [5.41, 5.74) is 6.82. The number of alkyl carbamates (subject to hydrolysis) is 1. The molecule has 1 saturated carbocycles. The van der Waals surface area contributed by atoms with Crippen molar-refractivity contribution in [3.63, 3.8) is 0 Å². The molecule has 5 heterocycles. The molecule has 3 N–H and O–H groups in total. The van der Waals surface area contributed by atoms with Gasteiger partial charge in [0.2, 0.25) is 11.8 Å². The number of amides is 3. The maximum atomic E-state index is 14.0. The summed E-state index contributed by atoms with van der Waals surface area (Å²) in [5, 5.41) is 2.84. The number of hydrogen-bond acceptors (Lipinski definition) is 8. The molecule has 3 amide bonds. The smallest absolute Gasteiger partial charge is 0.407 e. The lowest BCUT2D eigenvalue weighted by Gasteiger charge is -2.31. The lowest BCUT2D eigenvalue weighted by atomic mass is 9.84. The number of hydrogen-bond donors (Lipinski definition) is 3. The molecule has 57 heavy (non-hydrogen) atoms. The first kappa shape index (κ1) is 38.3. The van der Waals surface area contributed by atoms with Crippen molar-refractivity contribution in [2.75, 3.05) is 20.2 Å². The number of likely N-dealkylation sites (tertiary alicyclic amines) is 2. The number of methoxy groups -OCH3 is 1. The number of imidazole rings is 2. The first-order valence-corrected chi connectivity index (χ1v) is 20.5. The lowest BCUT2D eigenvalue weighted by Crippen LogP contribution is -2.49. The average molecular weight is 771 g/mol. The van der Waals surface area contributed by atoms with Gasteiger partial charge in [0.05, 0.1) is 66.1 Å². The van der Waals surface area contributed by atoms with E-state index in [0.717, 1.165) is 102 Å². The summed E-state index contributed by atoms with van der Waals surface area (Å²) in [5.74, 6) is 2.17. The van der Waals surface area contributed by atoms with Crippen LogP contribution in [0.15, 0.2) is 61.1 Å². The Morgan fingerprint density at radius 2 is 1.51 bits per heavy atom. The van der Waals surface area contributed by atoms with E-state index in [4.69, 9.17) is 24.7 Å². The van der Waals surface area contributed by atoms with Crippen LogP contribution in [0.3, 0.4) is 0 Å². The van der Waals surface area contributed by atoms with Crippen molar-refractivity contribution in [1.29, 1.82) is 0 Å². The van der Waals surface area contributed by atoms with Gasteiger partial charge in [-0.25, -0.2) is 19.7 Å². The van der Waals surface area contributed by atoms with E-state index >= 15 is 0 Å². The number of nitrogens with one attached hydrogen (secondary N) is 3. The average Bonchev–Trinajstić information content (AvgIpc) is 4.07. The molecule has 1 aliphatic carbocycles. The number of benzene rings is 2. The molecule has 0 unspecified atom stereocenters. The summed E-state index contributed by atoms with van der Waals surface area (Å²) in [6.07, 6.45) is 16.6. The minimum Gasteiger partial charge on any atom is -0.453 e. The van der Waals surface area contributed by atoms with Gasteiger partial charge in [0.1, 0.15) is 17.7 Å². The van der Waals surface area contributed by atoms with Crippen LogP contribution in [0.5, 0.6) is 0 Å². The Bertz CT molecular complexity index is 2210. The third-order valence-electron chi connectivity index (χ3n) is 11.8. The normalized spacial score (nSPS) is 19.4. The van der Waals surface area contributed by atoms with Gasteiger partial charge in [0, 0.05) is 36.0 Å². The number of ether oxygens (including phenoxy) is 1. The highest BCUT2D eigenvalue weighted by Crippen LogP contribution is 2.36. The summed E-state index contributed by atoms with van der Waals surface area (Å²) in [7, 11) is 1.33. The van der Waals surface area contributed by atoms with Gasteiger partial charge >= 0.3 is 6.09 Å². The van der Waals surface area contributed by atoms with Crippen LogP contribution in [0.1, 0.15) is 102 Å². The molecule has 0 bridgehead atoms. The summed E-state index contributed by atoms with van der Waals surface area (Å²) < 4.78 is 4.89. The first-order valence-electron chi connectivity index (χ1n) is 20.5. The predicted molar refractivity (Wildman–Crippen MR) is 217 cm³/mol. The van der Waals surface area contributed by atoms with Crippen LogP contribution in [0.4, 0.5) is 4.79 Å². The zero-order chi connectivity index (χ0) is 39.5. The number of nitrogens with zero attached hydrogens (tertiary/aromatic N) is 6. The van der Waals surface area contributed by atoms with E-state index in [2.05, 4.69) is 15.3 Å². The van der Waals surface area contributed by atoms with Gasteiger partial charge in [-0.3, -0.25) is 14.6 Å². The number of carbonyl (C=O) groups excluding carboxylic acids is 3. The van der Waals surface area contributed by atoms with Crippen molar-refractivity contribution in [3.8, 4) is 33.8 Å². The Balaban J connectivity index is 0.938. The van der Waals surface area contributed by atoms with Gasteiger partial charge in [-0.1, -0.05) is 76.3 Å². The predicted octanol–water partition coefficient (Wildman–Crippen LogP) is 7.96. The lowest BCUT2D eigenvalue weighted by molar-refractivity contribution is -0.135. The molecule has 3 atom stereocenters. The minimum absolute atomic E-state index is 0.0377. The van der Waals surface area contributed by atoms with Crippen LogP contribution in [0.25, 0.3) is 44.8 Å². The number of aromatic amines is 2. The SMILES string of the molecule is COC(=O)N[C@@H](CC1CCCCC1)C(=O)N1CCC[C@H]1c1ncc(-c2ccc3nc(-c4ccc(-c5c[nH]c([C@@H]6CCCN6C(=O)[CH]C(C)C)n5)cc4)cnc3c2)[nH]1. The quantitative estimate of drug-likeness (QED) is 0.122. The van der Waals surface area contributed by atoms with Crippen LogP contribution in [0.2, 0.25) is 0 Å². The van der Waals surface area contributed by atoms with Crippen LogP contribution in [-0.4, -0.2) is 83.9 Å². The largest absolute Gasteiger partial charge is 0.453 e. The summed E-state index contributed by atoms with van der Waals surface area (Å²) >= 11 is 0. The van der Waals surface area contributed by atoms with E-state index < -0.39 is 12.1 Å². The van der Waals surface area contributed by atoms with Gasteiger partial charge < -0.3 is 29.8 Å². The Morgan fingerprint density at radius 1 is 0.807 bits per heavy atom. The van der Waals surface area contributed by atoms with Crippen molar-refractivity contribution >= 4 is 28.9 Å². The number of fused-ring (bicyclic) bond motifs is 1. The Morgan fingerprint density at radius 3 is 2.25 bits per heavy atom. The number of H-pyrrole nitrogens is 2. The van der Waals surface area contributed by atoms with E-state index in [9.17, 15) is 14.4 Å². The van der Waals surface area contributed by atoms with E-state index in [0.29, 0.717) is 18.9 Å². The van der Waals surface area contributed by atoms with Gasteiger partial charge in [-0.15, -0.1) is 0 Å². The van der Waals surface area contributed by atoms with E-state index in [-0.39, 0.29) is 29.8 Å². The van der Waals surface area contributed by atoms with Crippen LogP contribution >= 0.6 is 0 Å². The van der Waals surface area contributed by atoms with Crippen molar-refractivity contribution in [2.24, 2.45) is 11.8 Å². The van der Waals surface area contributed by atoms with Crippen molar-refractivity contribution < 1.29 is 19.1 Å². The highest BCUT2D eigenvalue weighted by Gasteiger charge is 2.37. The minimum atomic E-state index is -0.623. The maximum Gasteiger partial charge on any atom is 0.407 e. The monoisotopic (exact) mass is 770 g/mol. The number of rotatable bonds is 11. The number of carbonyl (C=O) groups is 3. The zero-order valence-electron chi connectivity index (χ0n) is 33.0. The van der Waals surface area contributed by atoms with Gasteiger partial charge in [0.25, 0.3) is 0 Å². The fraction of sp³-hybridized carbons (Fsp3) is 0.455. The topological polar surface area (TPSA) is 162 Å². The molecule has 3 fully saturated rings. The maximum absolute atomic E-state index is 14.0.